The zero-order chi connectivity index (χ0) is 27.8. The predicted molar refractivity (Wildman–Crippen MR) is 138 cm³/mol. The molecule has 0 radical (unpaired) electrons. The minimum absolute atomic E-state index is 0.121. The normalized spacial score (nSPS) is 29.6. The molecule has 7 unspecified atom stereocenters. The molecule has 0 aromatic rings. The molecule has 0 aromatic carbocycles. The summed E-state index contributed by atoms with van der Waals surface area (Å²) < 4.78 is 27.7. The molecule has 0 spiro atoms. The number of nitrogens with one attached hydrogen (secondary N) is 4. The first kappa shape index (κ1) is 32.1. The minimum Gasteiger partial charge on any atom is -0.473 e. The first-order valence-electron chi connectivity index (χ1n) is 13.4. The first-order valence-corrected chi connectivity index (χ1v) is 13.4. The van der Waals surface area contributed by atoms with Crippen molar-refractivity contribution in [2.45, 2.75) is 102 Å². The molecule has 2 aliphatic rings. The lowest BCUT2D eigenvalue weighted by molar-refractivity contribution is -0.252. The summed E-state index contributed by atoms with van der Waals surface area (Å²) in [7, 11) is 3.21. The number of ether oxygens (including phenoxy) is 5. The van der Waals surface area contributed by atoms with E-state index in [1.54, 1.807) is 26.6 Å². The van der Waals surface area contributed by atoms with Crippen LogP contribution in [0, 0.1) is 0 Å². The predicted octanol–water partition coefficient (Wildman–Crippen LogP) is 2.27. The minimum atomic E-state index is -0.466. The monoisotopic (exact) mass is 546 g/mol. The van der Waals surface area contributed by atoms with Gasteiger partial charge < -0.3 is 34.3 Å². The average molecular weight is 547 g/mol. The van der Waals surface area contributed by atoms with Crippen molar-refractivity contribution in [3.63, 3.8) is 0 Å². The molecule has 2 rings (SSSR count). The van der Waals surface area contributed by atoms with Crippen LogP contribution in [0.5, 0.6) is 0 Å². The summed E-state index contributed by atoms with van der Waals surface area (Å²) in [5.74, 6) is 0. The van der Waals surface area contributed by atoms with Crippen LogP contribution in [0.25, 0.3) is 0 Å². The second kappa shape index (κ2) is 18.2. The molecule has 220 valence electrons. The molecule has 2 heterocycles. The molecule has 4 N–H and O–H groups in total. The third-order valence-electron chi connectivity index (χ3n) is 6.45. The molecule has 0 bridgehead atoms. The second-order valence-electron chi connectivity index (χ2n) is 9.32. The number of carbonyl (C=O) groups is 2. The number of allylic oxidation sites excluding steroid dienone is 1. The molecule has 2 aliphatic heterocycles. The summed E-state index contributed by atoms with van der Waals surface area (Å²) in [6, 6.07) is -0.823. The highest BCUT2D eigenvalue weighted by atomic mass is 16.7. The van der Waals surface area contributed by atoms with Crippen LogP contribution in [-0.2, 0) is 33.4 Å². The zero-order valence-corrected chi connectivity index (χ0v) is 23.2. The fraction of sp³-hybridized carbons (Fsp3) is 0.840. The molecule has 0 aromatic heterocycles. The SMILES string of the molecule is CC=COC1CC(OC)C(ONC(=O)NCCCCCCNC(=O)NOC2C(C)OCCC2OC)C(C)O1. The Labute approximate surface area is 225 Å². The number of unbranched alkanes of at least 4 members (excludes halogenated alkanes) is 3. The van der Waals surface area contributed by atoms with Crippen LogP contribution in [0.3, 0.4) is 0 Å². The smallest absolute Gasteiger partial charge is 0.338 e. The Morgan fingerprint density at radius 3 is 2.00 bits per heavy atom. The van der Waals surface area contributed by atoms with Gasteiger partial charge in [0.2, 0.25) is 6.29 Å². The molecule has 0 aliphatic carbocycles. The third-order valence-corrected chi connectivity index (χ3v) is 6.45. The topological polar surface area (TPSA) is 147 Å². The van der Waals surface area contributed by atoms with Crippen molar-refractivity contribution in [2.24, 2.45) is 0 Å². The number of amides is 4. The molecule has 4 amide bonds. The van der Waals surface area contributed by atoms with E-state index in [1.807, 2.05) is 20.8 Å². The summed E-state index contributed by atoms with van der Waals surface area (Å²) in [5, 5.41) is 5.54. The summed E-state index contributed by atoms with van der Waals surface area (Å²) in [6.45, 7) is 7.22. The van der Waals surface area contributed by atoms with Crippen molar-refractivity contribution >= 4 is 12.1 Å². The Hall–Kier alpha value is -2.16. The Bertz CT molecular complexity index is 714. The van der Waals surface area contributed by atoms with Crippen LogP contribution < -0.4 is 21.6 Å². The first-order chi connectivity index (χ1) is 18.4. The molecule has 0 saturated carbocycles. The molecule has 13 heteroatoms. The Morgan fingerprint density at radius 2 is 1.45 bits per heavy atom. The largest absolute Gasteiger partial charge is 0.473 e. The molecule has 38 heavy (non-hydrogen) atoms. The number of methoxy groups -OCH3 is 2. The van der Waals surface area contributed by atoms with Gasteiger partial charge in [-0.2, -0.15) is 0 Å². The van der Waals surface area contributed by atoms with Crippen LogP contribution in [-0.4, -0.2) is 88.9 Å². The van der Waals surface area contributed by atoms with E-state index in [9.17, 15) is 9.59 Å². The van der Waals surface area contributed by atoms with Gasteiger partial charge in [0.1, 0.15) is 12.2 Å². The Balaban J connectivity index is 1.49. The fourth-order valence-corrected chi connectivity index (χ4v) is 4.33. The summed E-state index contributed by atoms with van der Waals surface area (Å²) in [5.41, 5.74) is 4.85. The molecule has 2 fully saturated rings. The van der Waals surface area contributed by atoms with Crippen LogP contribution in [0.4, 0.5) is 9.59 Å². The van der Waals surface area contributed by atoms with Crippen molar-refractivity contribution in [3.05, 3.63) is 12.3 Å². The van der Waals surface area contributed by atoms with E-state index in [0.29, 0.717) is 26.1 Å². The summed E-state index contributed by atoms with van der Waals surface area (Å²) in [6.07, 6.45) is 5.81. The lowest BCUT2D eigenvalue weighted by atomic mass is 10.0. The van der Waals surface area contributed by atoms with Crippen LogP contribution in [0.1, 0.15) is 59.3 Å². The number of carbonyl (C=O) groups excluding carboxylic acids is 2. The van der Waals surface area contributed by atoms with Crippen molar-refractivity contribution in [2.75, 3.05) is 33.9 Å². The standard InChI is InChI=1S/C25H46N4O9/c1-6-14-35-21-16-20(33-5)23(18(3)36-21)38-29-25(31)27-13-10-8-7-9-12-26-24(30)28-37-22-17(2)34-15-11-19(22)32-4/h6,14,17-23H,7-13,15-16H2,1-5H3,(H2,26,28,30)(H2,27,29,31). The van der Waals surface area contributed by atoms with Gasteiger partial charge in [0, 0.05) is 40.3 Å². The molecular weight excluding hydrogens is 500 g/mol. The molecule has 2 saturated heterocycles. The highest BCUT2D eigenvalue weighted by molar-refractivity contribution is 5.72. The van der Waals surface area contributed by atoms with Gasteiger partial charge in [-0.15, -0.1) is 0 Å². The molecule has 7 atom stereocenters. The molecular formula is C25H46N4O9. The fourth-order valence-electron chi connectivity index (χ4n) is 4.33. The third kappa shape index (κ3) is 11.3. The second-order valence-corrected chi connectivity index (χ2v) is 9.32. The highest BCUT2D eigenvalue weighted by Gasteiger charge is 2.39. The van der Waals surface area contributed by atoms with Gasteiger partial charge in [-0.3, -0.25) is 9.68 Å². The van der Waals surface area contributed by atoms with Gasteiger partial charge in [0.25, 0.3) is 0 Å². The maximum absolute atomic E-state index is 12.1. The van der Waals surface area contributed by atoms with Gasteiger partial charge in [0.05, 0.1) is 30.7 Å². The zero-order valence-electron chi connectivity index (χ0n) is 23.2. The van der Waals surface area contributed by atoms with E-state index < -0.39 is 24.5 Å². The lowest BCUT2D eigenvalue weighted by Crippen LogP contribution is -2.53. The van der Waals surface area contributed by atoms with Gasteiger partial charge >= 0.3 is 12.1 Å². The highest BCUT2D eigenvalue weighted by Crippen LogP contribution is 2.25. The van der Waals surface area contributed by atoms with E-state index >= 15 is 0 Å². The quantitative estimate of drug-likeness (QED) is 0.138. The van der Waals surface area contributed by atoms with Gasteiger partial charge in [-0.25, -0.2) is 20.5 Å². The number of urea groups is 2. The van der Waals surface area contributed by atoms with Crippen molar-refractivity contribution < 1.29 is 42.9 Å². The maximum Gasteiger partial charge on any atom is 0.338 e. The summed E-state index contributed by atoms with van der Waals surface area (Å²) >= 11 is 0. The Morgan fingerprint density at radius 1 is 0.868 bits per heavy atom. The van der Waals surface area contributed by atoms with Crippen molar-refractivity contribution in [1.29, 1.82) is 0 Å². The number of hydroxylamine groups is 2. The van der Waals surface area contributed by atoms with E-state index in [2.05, 4.69) is 21.6 Å². The van der Waals surface area contributed by atoms with Gasteiger partial charge in [-0.05, 0) is 40.0 Å². The lowest BCUT2D eigenvalue weighted by Gasteiger charge is -2.38. The van der Waals surface area contributed by atoms with E-state index in [1.165, 1.54) is 0 Å². The van der Waals surface area contributed by atoms with E-state index in [0.717, 1.165) is 32.1 Å². The number of hydrogen-bond acceptors (Lipinski definition) is 9. The van der Waals surface area contributed by atoms with E-state index in [-0.39, 0.29) is 30.5 Å². The van der Waals surface area contributed by atoms with Crippen LogP contribution in [0.15, 0.2) is 12.3 Å². The van der Waals surface area contributed by atoms with Crippen molar-refractivity contribution in [3.8, 4) is 0 Å². The summed E-state index contributed by atoms with van der Waals surface area (Å²) in [4.78, 5) is 35.1. The Kier molecular flexibility index (Phi) is 15.3. The maximum atomic E-state index is 12.1. The van der Waals surface area contributed by atoms with Crippen molar-refractivity contribution in [1.82, 2.24) is 21.6 Å². The van der Waals surface area contributed by atoms with Crippen LogP contribution >= 0.6 is 0 Å². The average Bonchev–Trinajstić information content (AvgIpc) is 2.91. The number of hydrogen-bond donors (Lipinski definition) is 4. The van der Waals surface area contributed by atoms with Gasteiger partial charge in [0.15, 0.2) is 0 Å². The van der Waals surface area contributed by atoms with Gasteiger partial charge in [-0.1, -0.05) is 18.9 Å². The molecule has 13 nitrogen and oxygen atoms in total. The van der Waals surface area contributed by atoms with Crippen LogP contribution in [0.2, 0.25) is 0 Å². The van der Waals surface area contributed by atoms with E-state index in [4.69, 9.17) is 33.4 Å². The number of rotatable bonds is 15.